The topological polar surface area (TPSA) is 51.7 Å². The van der Waals surface area contributed by atoms with Crippen molar-refractivity contribution in [3.05, 3.63) is 30.1 Å². The molecule has 1 amide bonds. The fourth-order valence-electron chi connectivity index (χ4n) is 2.34. The molecule has 1 aromatic heterocycles. The molecule has 1 atom stereocenters. The number of rotatable bonds is 2. The summed E-state index contributed by atoms with van der Waals surface area (Å²) in [5.41, 5.74) is 1.17. The molecule has 0 bridgehead atoms. The Balaban J connectivity index is 2.31. The Morgan fingerprint density at radius 2 is 2.09 bits per heavy atom. The van der Waals surface area contributed by atoms with Crippen LogP contribution in [0.2, 0.25) is 0 Å². The summed E-state index contributed by atoms with van der Waals surface area (Å²) in [6.07, 6.45) is 6.04. The quantitative estimate of drug-likeness (QED) is 0.836. The first-order chi connectivity index (χ1) is 10.3. The van der Waals surface area contributed by atoms with Gasteiger partial charge in [-0.1, -0.05) is 13.0 Å². The molecule has 1 aromatic rings. The lowest BCUT2D eigenvalue weighted by molar-refractivity contribution is 0.0327. The van der Waals surface area contributed by atoms with E-state index in [-0.39, 0.29) is 6.09 Å². The van der Waals surface area contributed by atoms with Gasteiger partial charge in [0.1, 0.15) is 11.4 Å². The molecular formula is C17H24N2O3. The average Bonchev–Trinajstić information content (AvgIpc) is 2.45. The summed E-state index contributed by atoms with van der Waals surface area (Å²) in [5, 5.41) is 0. The van der Waals surface area contributed by atoms with Gasteiger partial charge in [0.25, 0.3) is 0 Å². The molecule has 0 spiro atoms. The highest BCUT2D eigenvalue weighted by Gasteiger charge is 2.29. The summed E-state index contributed by atoms with van der Waals surface area (Å²) in [5.74, 6) is 1.07. The van der Waals surface area contributed by atoms with Crippen molar-refractivity contribution in [2.75, 3.05) is 13.7 Å². The Labute approximate surface area is 131 Å². The van der Waals surface area contributed by atoms with Crippen molar-refractivity contribution >= 4 is 11.8 Å². The van der Waals surface area contributed by atoms with Crippen LogP contribution in [-0.2, 0) is 4.74 Å². The maximum atomic E-state index is 12.5. The highest BCUT2D eigenvalue weighted by molar-refractivity contribution is 5.83. The van der Waals surface area contributed by atoms with Crippen molar-refractivity contribution < 1.29 is 14.3 Å². The summed E-state index contributed by atoms with van der Waals surface area (Å²) >= 11 is 0. The minimum absolute atomic E-state index is 0.326. The first-order valence-corrected chi connectivity index (χ1v) is 7.50. The maximum absolute atomic E-state index is 12.5. The molecule has 0 saturated carbocycles. The van der Waals surface area contributed by atoms with Gasteiger partial charge in [-0.3, -0.25) is 9.88 Å². The van der Waals surface area contributed by atoms with Gasteiger partial charge in [0, 0.05) is 18.3 Å². The van der Waals surface area contributed by atoms with E-state index in [2.05, 4.69) is 18.0 Å². The van der Waals surface area contributed by atoms with Crippen molar-refractivity contribution in [2.45, 2.75) is 39.7 Å². The van der Waals surface area contributed by atoms with Crippen LogP contribution in [0, 0.1) is 5.92 Å². The monoisotopic (exact) mass is 304 g/mol. The molecule has 22 heavy (non-hydrogen) atoms. The Hall–Kier alpha value is -2.04. The summed E-state index contributed by atoms with van der Waals surface area (Å²) in [6, 6.07) is 1.88. The van der Waals surface area contributed by atoms with Gasteiger partial charge in [-0.2, -0.15) is 0 Å². The van der Waals surface area contributed by atoms with Crippen LogP contribution in [0.5, 0.6) is 5.75 Å². The van der Waals surface area contributed by atoms with Crippen molar-refractivity contribution in [3.63, 3.8) is 0 Å². The van der Waals surface area contributed by atoms with Crippen LogP contribution in [0.3, 0.4) is 0 Å². The van der Waals surface area contributed by atoms with Gasteiger partial charge in [0.15, 0.2) is 0 Å². The fourth-order valence-corrected chi connectivity index (χ4v) is 2.34. The standard InChI is InChI=1S/C17H24N2O3/c1-12-6-7-15(13-8-14(21-5)10-18-9-13)19(11-12)16(20)22-17(2,3)4/h7-10,12H,6,11H2,1-5H3. The zero-order chi connectivity index (χ0) is 16.3. The van der Waals surface area contributed by atoms with Gasteiger partial charge in [0.05, 0.1) is 19.0 Å². The number of pyridine rings is 1. The van der Waals surface area contributed by atoms with Crippen LogP contribution in [-0.4, -0.2) is 35.2 Å². The number of allylic oxidation sites excluding steroid dienone is 1. The second-order valence-corrected chi connectivity index (χ2v) is 6.63. The molecule has 1 aliphatic rings. The molecule has 0 aliphatic carbocycles. The summed E-state index contributed by atoms with van der Waals surface area (Å²) in [4.78, 5) is 18.4. The minimum Gasteiger partial charge on any atom is -0.495 e. The molecular weight excluding hydrogens is 280 g/mol. The molecule has 5 heteroatoms. The van der Waals surface area contributed by atoms with E-state index in [9.17, 15) is 4.79 Å². The van der Waals surface area contributed by atoms with Crippen molar-refractivity contribution in [2.24, 2.45) is 5.92 Å². The van der Waals surface area contributed by atoms with E-state index in [0.29, 0.717) is 18.2 Å². The van der Waals surface area contributed by atoms with E-state index in [4.69, 9.17) is 9.47 Å². The zero-order valence-corrected chi connectivity index (χ0v) is 13.9. The highest BCUT2D eigenvalue weighted by Crippen LogP contribution is 2.30. The van der Waals surface area contributed by atoms with E-state index >= 15 is 0 Å². The summed E-state index contributed by atoms with van der Waals surface area (Å²) in [6.45, 7) is 8.37. The number of ether oxygens (including phenoxy) is 2. The van der Waals surface area contributed by atoms with Gasteiger partial charge in [0.2, 0.25) is 0 Å². The molecule has 1 unspecified atom stereocenters. The molecule has 0 radical (unpaired) electrons. The second-order valence-electron chi connectivity index (χ2n) is 6.63. The van der Waals surface area contributed by atoms with Crippen molar-refractivity contribution in [1.82, 2.24) is 9.88 Å². The summed E-state index contributed by atoms with van der Waals surface area (Å²) < 4.78 is 10.7. The largest absolute Gasteiger partial charge is 0.495 e. The third kappa shape index (κ3) is 4.00. The number of hydrogen-bond donors (Lipinski definition) is 0. The van der Waals surface area contributed by atoms with E-state index in [1.165, 1.54) is 0 Å². The predicted molar refractivity (Wildman–Crippen MR) is 85.5 cm³/mol. The Bertz CT molecular complexity index is 576. The molecule has 1 aliphatic heterocycles. The first kappa shape index (κ1) is 16.3. The number of hydrogen-bond acceptors (Lipinski definition) is 4. The van der Waals surface area contributed by atoms with Crippen LogP contribution in [0.15, 0.2) is 24.5 Å². The first-order valence-electron chi connectivity index (χ1n) is 7.50. The fraction of sp³-hybridized carbons (Fsp3) is 0.529. The number of nitrogens with zero attached hydrogens (tertiary/aromatic N) is 2. The lowest BCUT2D eigenvalue weighted by Gasteiger charge is -2.33. The van der Waals surface area contributed by atoms with Crippen molar-refractivity contribution in [3.8, 4) is 5.75 Å². The number of carbonyl (C=O) groups is 1. The number of aromatic nitrogens is 1. The number of methoxy groups -OCH3 is 1. The Kier molecular flexibility index (Phi) is 4.74. The normalized spacial score (nSPS) is 18.7. The van der Waals surface area contributed by atoms with Crippen LogP contribution >= 0.6 is 0 Å². The van der Waals surface area contributed by atoms with Crippen LogP contribution in [0.1, 0.15) is 39.7 Å². The van der Waals surface area contributed by atoms with Crippen molar-refractivity contribution in [1.29, 1.82) is 0 Å². The van der Waals surface area contributed by atoms with E-state index in [1.54, 1.807) is 24.4 Å². The molecule has 120 valence electrons. The number of amides is 1. The smallest absolute Gasteiger partial charge is 0.414 e. The van der Waals surface area contributed by atoms with Crippen LogP contribution < -0.4 is 4.74 Å². The lowest BCUT2D eigenvalue weighted by Crippen LogP contribution is -2.39. The molecule has 5 nitrogen and oxygen atoms in total. The minimum atomic E-state index is -0.518. The van der Waals surface area contributed by atoms with Gasteiger partial charge < -0.3 is 9.47 Å². The lowest BCUT2D eigenvalue weighted by atomic mass is 9.99. The van der Waals surface area contributed by atoms with Gasteiger partial charge >= 0.3 is 6.09 Å². The van der Waals surface area contributed by atoms with Crippen LogP contribution in [0.25, 0.3) is 5.70 Å². The predicted octanol–water partition coefficient (Wildman–Crippen LogP) is 3.71. The van der Waals surface area contributed by atoms with E-state index in [0.717, 1.165) is 17.7 Å². The SMILES string of the molecule is COc1cncc(C2=CCC(C)CN2C(=O)OC(C)(C)C)c1. The maximum Gasteiger partial charge on any atom is 0.414 e. The molecule has 2 heterocycles. The second kappa shape index (κ2) is 6.38. The number of carbonyl (C=O) groups excluding carboxylic acids is 1. The molecule has 0 aromatic carbocycles. The molecule has 0 N–H and O–H groups in total. The average molecular weight is 304 g/mol. The molecule has 0 fully saturated rings. The zero-order valence-electron chi connectivity index (χ0n) is 13.9. The van der Waals surface area contributed by atoms with Gasteiger partial charge in [-0.05, 0) is 39.2 Å². The van der Waals surface area contributed by atoms with Gasteiger partial charge in [-0.25, -0.2) is 4.79 Å². The third-order valence-corrected chi connectivity index (χ3v) is 3.36. The molecule has 2 rings (SSSR count). The van der Waals surface area contributed by atoms with E-state index in [1.807, 2.05) is 26.8 Å². The Morgan fingerprint density at radius 1 is 1.36 bits per heavy atom. The summed E-state index contributed by atoms with van der Waals surface area (Å²) in [7, 11) is 1.60. The highest BCUT2D eigenvalue weighted by atomic mass is 16.6. The Morgan fingerprint density at radius 3 is 2.73 bits per heavy atom. The van der Waals surface area contributed by atoms with Crippen LogP contribution in [0.4, 0.5) is 4.79 Å². The molecule has 0 saturated heterocycles. The van der Waals surface area contributed by atoms with Gasteiger partial charge in [-0.15, -0.1) is 0 Å². The third-order valence-electron chi connectivity index (χ3n) is 3.36. The van der Waals surface area contributed by atoms with E-state index < -0.39 is 5.60 Å².